The Balaban J connectivity index is 2.19. The van der Waals surface area contributed by atoms with Crippen molar-refractivity contribution >= 4 is 6.08 Å². The predicted octanol–water partition coefficient (Wildman–Crippen LogP) is 1.92. The van der Waals surface area contributed by atoms with Gasteiger partial charge in [0.05, 0.1) is 6.54 Å². The van der Waals surface area contributed by atoms with Crippen LogP contribution in [0.25, 0.3) is 0 Å². The highest BCUT2D eigenvalue weighted by atomic mass is 16.1. The number of hydrogen-bond donors (Lipinski definition) is 0. The average Bonchev–Trinajstić information content (AvgIpc) is 2.37. The average molecular weight is 151 g/mol. The molecule has 0 aromatic rings. The zero-order valence-corrected chi connectivity index (χ0v) is 6.79. The van der Waals surface area contributed by atoms with Crippen molar-refractivity contribution in [3.63, 3.8) is 0 Å². The molecule has 2 nitrogen and oxygen atoms in total. The maximum absolute atomic E-state index is 9.73. The van der Waals surface area contributed by atoms with Crippen LogP contribution in [0.4, 0.5) is 0 Å². The smallest absolute Gasteiger partial charge is 0.211 e. The van der Waals surface area contributed by atoms with Crippen LogP contribution >= 0.6 is 0 Å². The molecule has 0 N–H and O–H groups in total. The molecule has 0 bridgehead atoms. The van der Waals surface area contributed by atoms with Crippen LogP contribution < -0.4 is 0 Å². The van der Waals surface area contributed by atoms with E-state index in [4.69, 9.17) is 0 Å². The third-order valence-corrected chi connectivity index (χ3v) is 2.06. The molecule has 2 heteroatoms. The lowest BCUT2D eigenvalue weighted by Crippen LogP contribution is -1.96. The van der Waals surface area contributed by atoms with Gasteiger partial charge in [-0.25, -0.2) is 9.79 Å². The van der Waals surface area contributed by atoms with E-state index < -0.39 is 0 Å². The van der Waals surface area contributed by atoms with Crippen molar-refractivity contribution in [2.24, 2.45) is 16.8 Å². The van der Waals surface area contributed by atoms with E-state index in [-0.39, 0.29) is 0 Å². The third-order valence-electron chi connectivity index (χ3n) is 2.06. The molecule has 0 aliphatic heterocycles. The summed E-state index contributed by atoms with van der Waals surface area (Å²) in [6.45, 7) is 2.84. The second-order valence-corrected chi connectivity index (χ2v) is 3.12. The Morgan fingerprint density at radius 3 is 3.00 bits per heavy atom. The minimum absolute atomic E-state index is 0.630. The van der Waals surface area contributed by atoms with Crippen LogP contribution in [0.3, 0.4) is 0 Å². The van der Waals surface area contributed by atoms with Crippen LogP contribution in [0.1, 0.15) is 19.8 Å². The first-order valence-corrected chi connectivity index (χ1v) is 4.05. The standard InChI is InChI=1S/C9H13NO/c1-8-2-3-9(6-8)4-5-10-7-11/h2-3,8-9H,4-6H2,1H3. The van der Waals surface area contributed by atoms with E-state index in [9.17, 15) is 4.79 Å². The van der Waals surface area contributed by atoms with Gasteiger partial charge in [0.25, 0.3) is 0 Å². The molecule has 0 aromatic heterocycles. The number of carbonyl (C=O) groups excluding carboxylic acids is 1. The Morgan fingerprint density at radius 2 is 2.45 bits per heavy atom. The van der Waals surface area contributed by atoms with E-state index in [1.54, 1.807) is 6.08 Å². The number of nitrogens with zero attached hydrogens (tertiary/aromatic N) is 1. The minimum atomic E-state index is 0.630. The summed E-state index contributed by atoms with van der Waals surface area (Å²) in [4.78, 5) is 13.3. The zero-order chi connectivity index (χ0) is 8.10. The summed E-state index contributed by atoms with van der Waals surface area (Å²) < 4.78 is 0. The Labute approximate surface area is 67.0 Å². The van der Waals surface area contributed by atoms with E-state index in [0.29, 0.717) is 18.4 Å². The van der Waals surface area contributed by atoms with E-state index in [0.717, 1.165) is 6.42 Å². The third kappa shape index (κ3) is 2.69. The fraction of sp³-hybridized carbons (Fsp3) is 0.667. The van der Waals surface area contributed by atoms with Gasteiger partial charge in [-0.3, -0.25) is 0 Å². The molecule has 60 valence electrons. The fourth-order valence-electron chi connectivity index (χ4n) is 1.47. The van der Waals surface area contributed by atoms with E-state index >= 15 is 0 Å². The maximum Gasteiger partial charge on any atom is 0.234 e. The molecule has 1 aliphatic rings. The molecule has 1 rings (SSSR count). The summed E-state index contributed by atoms with van der Waals surface area (Å²) in [5, 5.41) is 0. The lowest BCUT2D eigenvalue weighted by Gasteiger charge is -2.04. The van der Waals surface area contributed by atoms with Crippen molar-refractivity contribution in [2.75, 3.05) is 6.54 Å². The van der Waals surface area contributed by atoms with Crippen LogP contribution in [0.2, 0.25) is 0 Å². The van der Waals surface area contributed by atoms with Gasteiger partial charge in [-0.1, -0.05) is 19.1 Å². The minimum Gasteiger partial charge on any atom is -0.211 e. The predicted molar refractivity (Wildman–Crippen MR) is 44.0 cm³/mol. The largest absolute Gasteiger partial charge is 0.234 e. The molecule has 0 amide bonds. The quantitative estimate of drug-likeness (QED) is 0.344. The fourth-order valence-corrected chi connectivity index (χ4v) is 1.47. The molecule has 0 saturated heterocycles. The lowest BCUT2D eigenvalue weighted by atomic mass is 10.0. The molecule has 0 spiro atoms. The SMILES string of the molecule is CC1C=CC(CCN=C=O)C1. The van der Waals surface area contributed by atoms with Crippen LogP contribution in [-0.4, -0.2) is 12.6 Å². The summed E-state index contributed by atoms with van der Waals surface area (Å²) in [6.07, 6.45) is 8.23. The van der Waals surface area contributed by atoms with Crippen molar-refractivity contribution in [2.45, 2.75) is 19.8 Å². The van der Waals surface area contributed by atoms with Crippen LogP contribution in [0.5, 0.6) is 0 Å². The zero-order valence-electron chi connectivity index (χ0n) is 6.79. The van der Waals surface area contributed by atoms with Crippen molar-refractivity contribution in [3.05, 3.63) is 12.2 Å². The molecular formula is C9H13NO. The lowest BCUT2D eigenvalue weighted by molar-refractivity contribution is 0.520. The van der Waals surface area contributed by atoms with Gasteiger partial charge in [0.2, 0.25) is 6.08 Å². The van der Waals surface area contributed by atoms with E-state index in [1.165, 1.54) is 6.42 Å². The summed E-state index contributed by atoms with van der Waals surface area (Å²) >= 11 is 0. The molecule has 11 heavy (non-hydrogen) atoms. The van der Waals surface area contributed by atoms with Crippen molar-refractivity contribution in [3.8, 4) is 0 Å². The van der Waals surface area contributed by atoms with Crippen molar-refractivity contribution in [1.29, 1.82) is 0 Å². The first-order valence-electron chi connectivity index (χ1n) is 4.05. The van der Waals surface area contributed by atoms with E-state index in [1.807, 2.05) is 0 Å². The summed E-state index contributed by atoms with van der Waals surface area (Å²) in [5.41, 5.74) is 0. The van der Waals surface area contributed by atoms with Gasteiger partial charge in [0.1, 0.15) is 0 Å². The second kappa shape index (κ2) is 4.09. The van der Waals surface area contributed by atoms with Gasteiger partial charge in [0, 0.05) is 0 Å². The van der Waals surface area contributed by atoms with Crippen LogP contribution in [-0.2, 0) is 4.79 Å². The molecule has 0 heterocycles. The molecule has 2 unspecified atom stereocenters. The number of aliphatic imine (C=N–C) groups is 1. The molecule has 0 saturated carbocycles. The molecule has 0 aromatic carbocycles. The van der Waals surface area contributed by atoms with Gasteiger partial charge < -0.3 is 0 Å². The van der Waals surface area contributed by atoms with Gasteiger partial charge >= 0.3 is 0 Å². The van der Waals surface area contributed by atoms with E-state index in [2.05, 4.69) is 24.1 Å². The number of allylic oxidation sites excluding steroid dienone is 2. The summed E-state index contributed by atoms with van der Waals surface area (Å²) in [5.74, 6) is 1.35. The molecular weight excluding hydrogens is 138 g/mol. The molecule has 1 aliphatic carbocycles. The topological polar surface area (TPSA) is 29.4 Å². The monoisotopic (exact) mass is 151 g/mol. The summed E-state index contributed by atoms with van der Waals surface area (Å²) in [6, 6.07) is 0. The molecule has 2 atom stereocenters. The number of hydrogen-bond acceptors (Lipinski definition) is 2. The molecule has 0 radical (unpaired) electrons. The first kappa shape index (κ1) is 8.22. The van der Waals surface area contributed by atoms with Gasteiger partial charge in [0.15, 0.2) is 0 Å². The first-order chi connectivity index (χ1) is 5.33. The summed E-state index contributed by atoms with van der Waals surface area (Å²) in [7, 11) is 0. The highest BCUT2D eigenvalue weighted by Gasteiger charge is 2.13. The normalized spacial score (nSPS) is 28.5. The van der Waals surface area contributed by atoms with Gasteiger partial charge in [-0.2, -0.15) is 0 Å². The van der Waals surface area contributed by atoms with Crippen molar-refractivity contribution < 1.29 is 4.79 Å². The molecule has 0 fully saturated rings. The Morgan fingerprint density at radius 1 is 1.64 bits per heavy atom. The number of isocyanates is 1. The Hall–Kier alpha value is -0.880. The Bertz CT molecular complexity index is 192. The van der Waals surface area contributed by atoms with Crippen LogP contribution in [0.15, 0.2) is 17.1 Å². The van der Waals surface area contributed by atoms with Gasteiger partial charge in [-0.15, -0.1) is 0 Å². The Kier molecular flexibility index (Phi) is 3.06. The van der Waals surface area contributed by atoms with Crippen molar-refractivity contribution in [1.82, 2.24) is 0 Å². The van der Waals surface area contributed by atoms with Crippen LogP contribution in [0, 0.1) is 11.8 Å². The maximum atomic E-state index is 9.73. The highest BCUT2D eigenvalue weighted by molar-refractivity contribution is 5.32. The second-order valence-electron chi connectivity index (χ2n) is 3.12. The van der Waals surface area contributed by atoms with Gasteiger partial charge in [-0.05, 0) is 24.7 Å². The highest BCUT2D eigenvalue weighted by Crippen LogP contribution is 2.25. The number of rotatable bonds is 3.